The maximum atomic E-state index is 13.4. The summed E-state index contributed by atoms with van der Waals surface area (Å²) in [5, 5.41) is 3.19. The number of amides is 1. The summed E-state index contributed by atoms with van der Waals surface area (Å²) in [5.41, 5.74) is 0. The largest absolute Gasteiger partial charge is 0.352 e. The standard InChI is InChI=1S/C20H30FN3O3S/c1-15-6-3-4-9-19(15)22-20(25)16(2)23-10-12-24(13-11-23)28(26,27)18-8-5-7-17(21)14-18/h5,7-8,14-16,19H,3-4,6,9-13H2,1-2H3,(H,22,25). The molecular formula is C20H30FN3O3S. The van der Waals surface area contributed by atoms with E-state index in [1.807, 2.05) is 11.8 Å². The molecule has 1 aromatic carbocycles. The third-order valence-electron chi connectivity index (χ3n) is 6.07. The predicted octanol–water partition coefficient (Wildman–Crippen LogP) is 2.22. The van der Waals surface area contributed by atoms with Gasteiger partial charge < -0.3 is 5.32 Å². The van der Waals surface area contributed by atoms with Gasteiger partial charge in [-0.1, -0.05) is 25.8 Å². The molecule has 0 spiro atoms. The molecule has 0 aromatic heterocycles. The molecule has 1 amide bonds. The SMILES string of the molecule is CC1CCCCC1NC(=O)C(C)N1CCN(S(=O)(=O)c2cccc(F)c2)CC1. The summed E-state index contributed by atoms with van der Waals surface area (Å²) in [6.07, 6.45) is 4.56. The van der Waals surface area contributed by atoms with E-state index in [-0.39, 0.29) is 36.0 Å². The summed E-state index contributed by atoms with van der Waals surface area (Å²) in [6.45, 7) is 5.59. The predicted molar refractivity (Wildman–Crippen MR) is 106 cm³/mol. The van der Waals surface area contributed by atoms with E-state index in [1.165, 1.54) is 28.9 Å². The van der Waals surface area contributed by atoms with Crippen LogP contribution < -0.4 is 5.32 Å². The molecule has 1 saturated carbocycles. The second-order valence-electron chi connectivity index (χ2n) is 7.95. The number of carbonyl (C=O) groups excluding carboxylic acids is 1. The molecule has 2 fully saturated rings. The zero-order valence-electron chi connectivity index (χ0n) is 16.6. The van der Waals surface area contributed by atoms with Gasteiger partial charge in [0.05, 0.1) is 10.9 Å². The number of halogens is 1. The van der Waals surface area contributed by atoms with Gasteiger partial charge in [0.2, 0.25) is 15.9 Å². The number of rotatable bonds is 5. The summed E-state index contributed by atoms with van der Waals surface area (Å²) in [6, 6.07) is 5.02. The highest BCUT2D eigenvalue weighted by Gasteiger charge is 2.33. The fourth-order valence-electron chi connectivity index (χ4n) is 4.11. The monoisotopic (exact) mass is 411 g/mol. The van der Waals surface area contributed by atoms with E-state index in [1.54, 1.807) is 0 Å². The fraction of sp³-hybridized carbons (Fsp3) is 0.650. The van der Waals surface area contributed by atoms with Crippen molar-refractivity contribution in [3.8, 4) is 0 Å². The van der Waals surface area contributed by atoms with Gasteiger partial charge in [0.1, 0.15) is 5.82 Å². The van der Waals surface area contributed by atoms with Crippen LogP contribution in [0, 0.1) is 11.7 Å². The van der Waals surface area contributed by atoms with Gasteiger partial charge in [-0.05, 0) is 43.9 Å². The lowest BCUT2D eigenvalue weighted by atomic mass is 9.86. The van der Waals surface area contributed by atoms with Crippen molar-refractivity contribution in [3.63, 3.8) is 0 Å². The minimum atomic E-state index is -3.72. The molecule has 1 aliphatic heterocycles. The van der Waals surface area contributed by atoms with Crippen molar-refractivity contribution >= 4 is 15.9 Å². The van der Waals surface area contributed by atoms with Crippen LogP contribution in [0.4, 0.5) is 4.39 Å². The van der Waals surface area contributed by atoms with Gasteiger partial charge in [0.15, 0.2) is 0 Å². The number of hydrogen-bond donors (Lipinski definition) is 1. The molecule has 1 aliphatic carbocycles. The Hall–Kier alpha value is -1.51. The van der Waals surface area contributed by atoms with Crippen molar-refractivity contribution in [2.75, 3.05) is 26.2 Å². The lowest BCUT2D eigenvalue weighted by Crippen LogP contribution is -2.56. The Morgan fingerprint density at radius 1 is 1.18 bits per heavy atom. The average molecular weight is 412 g/mol. The number of carbonyl (C=O) groups is 1. The van der Waals surface area contributed by atoms with Gasteiger partial charge in [-0.3, -0.25) is 9.69 Å². The highest BCUT2D eigenvalue weighted by Crippen LogP contribution is 2.24. The molecule has 2 aliphatic rings. The molecule has 8 heteroatoms. The molecule has 28 heavy (non-hydrogen) atoms. The topological polar surface area (TPSA) is 69.7 Å². The fourth-order valence-corrected chi connectivity index (χ4v) is 5.56. The van der Waals surface area contributed by atoms with Crippen LogP contribution in [0.15, 0.2) is 29.2 Å². The third-order valence-corrected chi connectivity index (χ3v) is 7.97. The van der Waals surface area contributed by atoms with E-state index in [2.05, 4.69) is 12.2 Å². The molecule has 1 saturated heterocycles. The average Bonchev–Trinajstić information content (AvgIpc) is 2.69. The molecule has 1 aromatic rings. The number of sulfonamides is 1. The maximum Gasteiger partial charge on any atom is 0.243 e. The van der Waals surface area contributed by atoms with E-state index >= 15 is 0 Å². The molecular weight excluding hydrogens is 381 g/mol. The molecule has 3 rings (SSSR count). The first kappa shape index (κ1) is 21.2. The van der Waals surface area contributed by atoms with E-state index in [9.17, 15) is 17.6 Å². The number of nitrogens with one attached hydrogen (secondary N) is 1. The van der Waals surface area contributed by atoms with Gasteiger partial charge in [0, 0.05) is 32.2 Å². The Kier molecular flexibility index (Phi) is 6.73. The zero-order valence-corrected chi connectivity index (χ0v) is 17.4. The van der Waals surface area contributed by atoms with Crippen LogP contribution in [0.1, 0.15) is 39.5 Å². The minimum absolute atomic E-state index is 0.0141. The Morgan fingerprint density at radius 3 is 2.50 bits per heavy atom. The van der Waals surface area contributed by atoms with Crippen LogP contribution in [-0.2, 0) is 14.8 Å². The summed E-state index contributed by atoms with van der Waals surface area (Å²) in [5.74, 6) is -0.0553. The molecule has 3 unspecified atom stereocenters. The number of hydrogen-bond acceptors (Lipinski definition) is 4. The zero-order chi connectivity index (χ0) is 20.3. The maximum absolute atomic E-state index is 13.4. The van der Waals surface area contributed by atoms with Crippen molar-refractivity contribution in [2.24, 2.45) is 5.92 Å². The van der Waals surface area contributed by atoms with Crippen molar-refractivity contribution in [2.45, 2.75) is 56.5 Å². The second kappa shape index (κ2) is 8.88. The van der Waals surface area contributed by atoms with Crippen LogP contribution >= 0.6 is 0 Å². The van der Waals surface area contributed by atoms with Crippen molar-refractivity contribution < 1.29 is 17.6 Å². The summed E-state index contributed by atoms with van der Waals surface area (Å²) < 4.78 is 40.2. The number of nitrogens with zero attached hydrogens (tertiary/aromatic N) is 2. The van der Waals surface area contributed by atoms with Crippen molar-refractivity contribution in [3.05, 3.63) is 30.1 Å². The highest BCUT2D eigenvalue weighted by molar-refractivity contribution is 7.89. The molecule has 0 radical (unpaired) electrons. The Labute approximate surface area is 167 Å². The second-order valence-corrected chi connectivity index (χ2v) is 9.89. The first-order chi connectivity index (χ1) is 13.3. The van der Waals surface area contributed by atoms with Crippen LogP contribution in [0.2, 0.25) is 0 Å². The van der Waals surface area contributed by atoms with Crippen LogP contribution in [0.25, 0.3) is 0 Å². The van der Waals surface area contributed by atoms with E-state index in [0.717, 1.165) is 25.3 Å². The van der Waals surface area contributed by atoms with E-state index in [0.29, 0.717) is 19.0 Å². The molecule has 156 valence electrons. The third kappa shape index (κ3) is 4.72. The van der Waals surface area contributed by atoms with Gasteiger partial charge >= 0.3 is 0 Å². The first-order valence-electron chi connectivity index (χ1n) is 10.1. The van der Waals surface area contributed by atoms with Gasteiger partial charge in [-0.25, -0.2) is 12.8 Å². The highest BCUT2D eigenvalue weighted by atomic mass is 32.2. The molecule has 3 atom stereocenters. The number of piperazine rings is 1. The summed E-state index contributed by atoms with van der Waals surface area (Å²) >= 11 is 0. The smallest absolute Gasteiger partial charge is 0.243 e. The Bertz CT molecular complexity index is 794. The first-order valence-corrected chi connectivity index (χ1v) is 11.5. The molecule has 1 N–H and O–H groups in total. The minimum Gasteiger partial charge on any atom is -0.352 e. The van der Waals surface area contributed by atoms with Gasteiger partial charge in [-0.2, -0.15) is 4.31 Å². The lowest BCUT2D eigenvalue weighted by Gasteiger charge is -2.38. The van der Waals surface area contributed by atoms with Gasteiger partial charge in [-0.15, -0.1) is 0 Å². The van der Waals surface area contributed by atoms with Crippen LogP contribution in [0.5, 0.6) is 0 Å². The van der Waals surface area contributed by atoms with E-state index in [4.69, 9.17) is 0 Å². The quantitative estimate of drug-likeness (QED) is 0.807. The Morgan fingerprint density at radius 2 is 1.86 bits per heavy atom. The number of benzene rings is 1. The Balaban J connectivity index is 1.56. The van der Waals surface area contributed by atoms with E-state index < -0.39 is 15.8 Å². The van der Waals surface area contributed by atoms with Gasteiger partial charge in [0.25, 0.3) is 0 Å². The molecule has 6 nitrogen and oxygen atoms in total. The normalized spacial score (nSPS) is 26.0. The van der Waals surface area contributed by atoms with Crippen molar-refractivity contribution in [1.82, 2.24) is 14.5 Å². The summed E-state index contributed by atoms with van der Waals surface area (Å²) in [7, 11) is -3.72. The summed E-state index contributed by atoms with van der Waals surface area (Å²) in [4.78, 5) is 14.7. The lowest BCUT2D eigenvalue weighted by molar-refractivity contribution is -0.127. The molecule has 0 bridgehead atoms. The van der Waals surface area contributed by atoms with Crippen molar-refractivity contribution in [1.29, 1.82) is 0 Å². The van der Waals surface area contributed by atoms with Crippen LogP contribution in [-0.4, -0.2) is 61.8 Å². The molecule has 1 heterocycles. The van der Waals surface area contributed by atoms with Crippen LogP contribution in [0.3, 0.4) is 0 Å².